The molecule has 1 aromatic heterocycles. The van der Waals surface area contributed by atoms with Gasteiger partial charge in [-0.3, -0.25) is 4.79 Å². The number of thiophene rings is 1. The van der Waals surface area contributed by atoms with E-state index in [2.05, 4.69) is 37.5 Å². The fraction of sp³-hybridized carbons (Fsp3) is 0.353. The fourth-order valence-corrected chi connectivity index (χ4v) is 3.83. The maximum atomic E-state index is 13.0. The van der Waals surface area contributed by atoms with E-state index in [1.54, 1.807) is 11.3 Å². The summed E-state index contributed by atoms with van der Waals surface area (Å²) in [4.78, 5) is 16.2. The molecule has 0 bridgehead atoms. The Balaban J connectivity index is 2.16. The van der Waals surface area contributed by atoms with Crippen molar-refractivity contribution in [2.45, 2.75) is 38.9 Å². The van der Waals surface area contributed by atoms with Crippen LogP contribution in [-0.4, -0.2) is 16.8 Å². The first-order chi connectivity index (χ1) is 10.1. The van der Waals surface area contributed by atoms with Crippen LogP contribution in [0.15, 0.2) is 41.8 Å². The minimum Gasteiger partial charge on any atom is -0.358 e. The molecule has 3 rings (SSSR count). The SMILES string of the molecule is CCC(C)N1C(=O)c2ccccc2NC1(C)c1cccs1. The highest BCUT2D eigenvalue weighted by Crippen LogP contribution is 2.40. The van der Waals surface area contributed by atoms with E-state index in [1.165, 1.54) is 0 Å². The zero-order chi connectivity index (χ0) is 15.0. The van der Waals surface area contributed by atoms with Crippen LogP contribution in [0, 0.1) is 0 Å². The van der Waals surface area contributed by atoms with Crippen molar-refractivity contribution in [3.05, 3.63) is 52.2 Å². The lowest BCUT2D eigenvalue weighted by Gasteiger charge is -2.48. The quantitative estimate of drug-likeness (QED) is 0.917. The Morgan fingerprint density at radius 2 is 2.05 bits per heavy atom. The summed E-state index contributed by atoms with van der Waals surface area (Å²) in [6.07, 6.45) is 0.927. The van der Waals surface area contributed by atoms with Gasteiger partial charge in [0.05, 0.1) is 10.4 Å². The summed E-state index contributed by atoms with van der Waals surface area (Å²) in [5, 5.41) is 5.64. The van der Waals surface area contributed by atoms with Crippen LogP contribution in [0.2, 0.25) is 0 Å². The van der Waals surface area contributed by atoms with Gasteiger partial charge in [-0.1, -0.05) is 25.1 Å². The minimum atomic E-state index is -0.491. The highest BCUT2D eigenvalue weighted by molar-refractivity contribution is 7.10. The van der Waals surface area contributed by atoms with Crippen molar-refractivity contribution >= 4 is 22.9 Å². The number of hydrogen-bond donors (Lipinski definition) is 1. The lowest BCUT2D eigenvalue weighted by molar-refractivity contribution is 0.0409. The van der Waals surface area contributed by atoms with Gasteiger partial charge in [-0.05, 0) is 43.8 Å². The van der Waals surface area contributed by atoms with Gasteiger partial charge in [0.1, 0.15) is 5.66 Å². The van der Waals surface area contributed by atoms with E-state index in [0.717, 1.165) is 22.5 Å². The largest absolute Gasteiger partial charge is 0.358 e. The molecule has 21 heavy (non-hydrogen) atoms. The van der Waals surface area contributed by atoms with Crippen molar-refractivity contribution in [3.8, 4) is 0 Å². The topological polar surface area (TPSA) is 32.3 Å². The molecular formula is C17H20N2OS. The summed E-state index contributed by atoms with van der Waals surface area (Å²) < 4.78 is 0. The van der Waals surface area contributed by atoms with Crippen LogP contribution in [0.5, 0.6) is 0 Å². The van der Waals surface area contributed by atoms with Crippen LogP contribution in [0.3, 0.4) is 0 Å². The van der Waals surface area contributed by atoms with Gasteiger partial charge in [-0.25, -0.2) is 0 Å². The Bertz CT molecular complexity index is 653. The van der Waals surface area contributed by atoms with Gasteiger partial charge in [0, 0.05) is 11.7 Å². The second kappa shape index (κ2) is 5.19. The number of para-hydroxylation sites is 1. The zero-order valence-electron chi connectivity index (χ0n) is 12.6. The maximum absolute atomic E-state index is 13.0. The van der Waals surface area contributed by atoms with Gasteiger partial charge in [0.25, 0.3) is 5.91 Å². The maximum Gasteiger partial charge on any atom is 0.258 e. The van der Waals surface area contributed by atoms with E-state index in [4.69, 9.17) is 0 Å². The lowest BCUT2D eigenvalue weighted by atomic mass is 9.96. The first-order valence-corrected chi connectivity index (χ1v) is 8.20. The molecule has 1 amide bonds. The Labute approximate surface area is 129 Å². The Kier molecular flexibility index (Phi) is 3.49. The molecule has 0 saturated heterocycles. The molecule has 2 aromatic rings. The van der Waals surface area contributed by atoms with Crippen LogP contribution in [0.25, 0.3) is 0 Å². The first kappa shape index (κ1) is 14.1. The van der Waals surface area contributed by atoms with Crippen LogP contribution < -0.4 is 5.32 Å². The van der Waals surface area contributed by atoms with E-state index in [0.29, 0.717) is 0 Å². The van der Waals surface area contributed by atoms with E-state index in [1.807, 2.05) is 35.2 Å². The summed E-state index contributed by atoms with van der Waals surface area (Å²) in [5.74, 6) is 0.106. The number of carbonyl (C=O) groups is 1. The third-order valence-electron chi connectivity index (χ3n) is 4.27. The molecule has 0 radical (unpaired) electrons. The molecule has 0 saturated carbocycles. The predicted molar refractivity (Wildman–Crippen MR) is 87.7 cm³/mol. The van der Waals surface area contributed by atoms with E-state index in [-0.39, 0.29) is 11.9 Å². The van der Waals surface area contributed by atoms with Crippen molar-refractivity contribution in [1.29, 1.82) is 0 Å². The van der Waals surface area contributed by atoms with Crippen molar-refractivity contribution in [2.24, 2.45) is 0 Å². The van der Waals surface area contributed by atoms with E-state index < -0.39 is 5.66 Å². The van der Waals surface area contributed by atoms with Crippen molar-refractivity contribution in [1.82, 2.24) is 4.90 Å². The number of amides is 1. The van der Waals surface area contributed by atoms with E-state index >= 15 is 0 Å². The number of nitrogens with zero attached hydrogens (tertiary/aromatic N) is 1. The molecule has 1 aliphatic heterocycles. The molecule has 0 spiro atoms. The Morgan fingerprint density at radius 1 is 1.29 bits per heavy atom. The van der Waals surface area contributed by atoms with Crippen LogP contribution in [0.1, 0.15) is 42.4 Å². The fourth-order valence-electron chi connectivity index (χ4n) is 2.99. The highest BCUT2D eigenvalue weighted by atomic mass is 32.1. The summed E-state index contributed by atoms with van der Waals surface area (Å²) in [7, 11) is 0. The summed E-state index contributed by atoms with van der Waals surface area (Å²) >= 11 is 1.68. The molecule has 1 N–H and O–H groups in total. The molecule has 4 heteroatoms. The molecule has 2 heterocycles. The second-order valence-corrected chi connectivity index (χ2v) is 6.60. The van der Waals surface area contributed by atoms with Gasteiger partial charge < -0.3 is 10.2 Å². The lowest BCUT2D eigenvalue weighted by Crippen LogP contribution is -2.58. The van der Waals surface area contributed by atoms with Crippen LogP contribution >= 0.6 is 11.3 Å². The van der Waals surface area contributed by atoms with E-state index in [9.17, 15) is 4.79 Å². The number of fused-ring (bicyclic) bond motifs is 1. The summed E-state index contributed by atoms with van der Waals surface area (Å²) in [6.45, 7) is 6.32. The average Bonchev–Trinajstić information content (AvgIpc) is 3.02. The smallest absolute Gasteiger partial charge is 0.258 e. The van der Waals surface area contributed by atoms with Gasteiger partial charge in [0.2, 0.25) is 0 Å². The molecule has 0 aliphatic carbocycles. The van der Waals surface area contributed by atoms with Crippen molar-refractivity contribution < 1.29 is 4.79 Å². The normalized spacial score (nSPS) is 22.6. The molecule has 1 aromatic carbocycles. The number of carbonyl (C=O) groups excluding carboxylic acids is 1. The summed E-state index contributed by atoms with van der Waals surface area (Å²) in [5.41, 5.74) is 1.18. The molecular weight excluding hydrogens is 280 g/mol. The molecule has 0 fully saturated rings. The predicted octanol–water partition coefficient (Wildman–Crippen LogP) is 4.29. The zero-order valence-corrected chi connectivity index (χ0v) is 13.4. The van der Waals surface area contributed by atoms with Gasteiger partial charge in [0.15, 0.2) is 0 Å². The monoisotopic (exact) mass is 300 g/mol. The summed E-state index contributed by atoms with van der Waals surface area (Å²) in [6, 6.07) is 12.1. The molecule has 2 unspecified atom stereocenters. The van der Waals surface area contributed by atoms with Crippen molar-refractivity contribution in [3.63, 3.8) is 0 Å². The number of nitrogens with one attached hydrogen (secondary N) is 1. The van der Waals surface area contributed by atoms with Crippen LogP contribution in [0.4, 0.5) is 5.69 Å². The minimum absolute atomic E-state index is 0.106. The number of hydrogen-bond acceptors (Lipinski definition) is 3. The van der Waals surface area contributed by atoms with Gasteiger partial charge in [-0.2, -0.15) is 0 Å². The second-order valence-electron chi connectivity index (χ2n) is 5.65. The Morgan fingerprint density at radius 3 is 2.71 bits per heavy atom. The van der Waals surface area contributed by atoms with Crippen molar-refractivity contribution in [2.75, 3.05) is 5.32 Å². The molecule has 2 atom stereocenters. The number of anilines is 1. The molecule has 1 aliphatic rings. The average molecular weight is 300 g/mol. The van der Waals surface area contributed by atoms with Gasteiger partial charge >= 0.3 is 0 Å². The first-order valence-electron chi connectivity index (χ1n) is 7.32. The third-order valence-corrected chi connectivity index (χ3v) is 5.35. The van der Waals surface area contributed by atoms with Crippen LogP contribution in [-0.2, 0) is 5.66 Å². The number of benzene rings is 1. The third kappa shape index (κ3) is 2.14. The van der Waals surface area contributed by atoms with Gasteiger partial charge in [-0.15, -0.1) is 11.3 Å². The number of rotatable bonds is 3. The highest BCUT2D eigenvalue weighted by Gasteiger charge is 2.44. The Hall–Kier alpha value is -1.81. The molecule has 110 valence electrons. The molecule has 3 nitrogen and oxygen atoms in total. The standard InChI is InChI=1S/C17H20N2OS/c1-4-12(2)19-16(20)13-8-5-6-9-14(13)18-17(19,3)15-10-7-11-21-15/h5-12,18H,4H2,1-3H3.